The van der Waals surface area contributed by atoms with Gasteiger partial charge in [-0.1, -0.05) is 6.42 Å². The second-order valence-corrected chi connectivity index (χ2v) is 7.89. The smallest absolute Gasteiger partial charge is 0.356 e. The molecule has 154 valence electrons. The number of thioether (sulfide) groups is 1. The van der Waals surface area contributed by atoms with Crippen LogP contribution in [0.25, 0.3) is 0 Å². The van der Waals surface area contributed by atoms with Gasteiger partial charge in [0.25, 0.3) is 0 Å². The fourth-order valence-electron chi connectivity index (χ4n) is 3.13. The predicted octanol–water partition coefficient (Wildman–Crippen LogP) is 3.03. The molecule has 0 radical (unpaired) electrons. The van der Waals surface area contributed by atoms with Crippen LogP contribution >= 0.6 is 11.8 Å². The Morgan fingerprint density at radius 3 is 2.74 bits per heavy atom. The average molecular weight is 407 g/mol. The van der Waals surface area contributed by atoms with Crippen LogP contribution in [-0.2, 0) is 13.6 Å². The van der Waals surface area contributed by atoms with Crippen molar-refractivity contribution in [1.29, 1.82) is 0 Å². The fraction of sp³-hybridized carbons (Fsp3) is 0.824. The number of halogens is 3. The molecule has 0 saturated heterocycles. The van der Waals surface area contributed by atoms with Crippen LogP contribution in [-0.4, -0.2) is 51.5 Å². The zero-order chi connectivity index (χ0) is 19.9. The van der Waals surface area contributed by atoms with Gasteiger partial charge < -0.3 is 15.2 Å². The number of nitrogens with one attached hydrogen (secondary N) is 2. The molecule has 10 heteroatoms. The Labute approximate surface area is 162 Å². The molecule has 1 fully saturated rings. The maximum Gasteiger partial charge on any atom is 0.391 e. The molecule has 1 saturated carbocycles. The van der Waals surface area contributed by atoms with Gasteiger partial charge in [-0.05, 0) is 44.6 Å². The zero-order valence-corrected chi connectivity index (χ0v) is 17.0. The molecule has 0 spiro atoms. The lowest BCUT2D eigenvalue weighted by Gasteiger charge is -2.32. The summed E-state index contributed by atoms with van der Waals surface area (Å²) in [6, 6.07) is -0.224. The van der Waals surface area contributed by atoms with E-state index in [1.165, 1.54) is 0 Å². The highest BCUT2D eigenvalue weighted by Gasteiger charge is 2.42. The van der Waals surface area contributed by atoms with Crippen LogP contribution in [0.2, 0.25) is 0 Å². The highest BCUT2D eigenvalue weighted by Crippen LogP contribution is 2.37. The molecule has 0 aliphatic heterocycles. The summed E-state index contributed by atoms with van der Waals surface area (Å²) in [6.07, 6.45) is 0.486. The second-order valence-electron chi connectivity index (χ2n) is 6.91. The number of hydrogen-bond donors (Lipinski definition) is 2. The first-order chi connectivity index (χ1) is 12.8. The van der Waals surface area contributed by atoms with E-state index in [0.29, 0.717) is 18.9 Å². The molecular weight excluding hydrogens is 377 g/mol. The van der Waals surface area contributed by atoms with E-state index in [2.05, 4.69) is 25.8 Å². The van der Waals surface area contributed by atoms with Gasteiger partial charge in [-0.15, -0.1) is 10.2 Å². The first-order valence-corrected chi connectivity index (χ1v) is 10.7. The van der Waals surface area contributed by atoms with Crippen molar-refractivity contribution in [1.82, 2.24) is 25.4 Å². The molecule has 1 heterocycles. The van der Waals surface area contributed by atoms with Crippen LogP contribution < -0.4 is 10.6 Å². The predicted molar refractivity (Wildman–Crippen MR) is 103 cm³/mol. The number of aliphatic imine (C=N–C) groups is 1. The third kappa shape index (κ3) is 6.90. The van der Waals surface area contributed by atoms with Crippen LogP contribution in [0.4, 0.5) is 13.2 Å². The molecule has 27 heavy (non-hydrogen) atoms. The highest BCUT2D eigenvalue weighted by molar-refractivity contribution is 7.98. The summed E-state index contributed by atoms with van der Waals surface area (Å²) in [5.74, 6) is 1.84. The molecule has 1 aliphatic carbocycles. The van der Waals surface area contributed by atoms with Crippen molar-refractivity contribution in [3.05, 3.63) is 11.6 Å². The highest BCUT2D eigenvalue weighted by atomic mass is 32.2. The van der Waals surface area contributed by atoms with Crippen LogP contribution in [0, 0.1) is 12.8 Å². The number of alkyl halides is 3. The minimum atomic E-state index is -4.13. The van der Waals surface area contributed by atoms with Crippen LogP contribution in [0.3, 0.4) is 0 Å². The summed E-state index contributed by atoms with van der Waals surface area (Å²) in [4.78, 5) is 4.53. The number of rotatable bonds is 7. The molecule has 0 aromatic carbocycles. The van der Waals surface area contributed by atoms with Crippen LogP contribution in [0.5, 0.6) is 0 Å². The third-order valence-electron chi connectivity index (χ3n) is 4.86. The normalized spacial score (nSPS) is 21.3. The van der Waals surface area contributed by atoms with Gasteiger partial charge in [0.1, 0.15) is 12.4 Å². The Balaban J connectivity index is 2.00. The summed E-state index contributed by atoms with van der Waals surface area (Å²) in [7, 11) is 1.87. The van der Waals surface area contributed by atoms with Crippen molar-refractivity contribution in [2.75, 3.05) is 18.6 Å². The molecule has 2 rings (SSSR count). The third-order valence-corrected chi connectivity index (χ3v) is 5.55. The summed E-state index contributed by atoms with van der Waals surface area (Å²) >= 11 is 1.76. The van der Waals surface area contributed by atoms with Crippen molar-refractivity contribution in [3.63, 3.8) is 0 Å². The van der Waals surface area contributed by atoms with Gasteiger partial charge in [0.2, 0.25) is 0 Å². The van der Waals surface area contributed by atoms with E-state index in [9.17, 15) is 13.2 Å². The molecular formula is C17H29F3N6S. The number of aryl methyl sites for hydroxylation is 1. The molecule has 1 aromatic heterocycles. The number of nitrogens with zero attached hydrogens (tertiary/aromatic N) is 4. The zero-order valence-electron chi connectivity index (χ0n) is 16.1. The molecule has 2 N–H and O–H groups in total. The van der Waals surface area contributed by atoms with E-state index in [4.69, 9.17) is 0 Å². The van der Waals surface area contributed by atoms with Crippen molar-refractivity contribution < 1.29 is 13.2 Å². The van der Waals surface area contributed by atoms with Gasteiger partial charge in [-0.3, -0.25) is 0 Å². The molecule has 2 unspecified atom stereocenters. The number of hydrogen-bond acceptors (Lipinski definition) is 4. The topological polar surface area (TPSA) is 67.1 Å². The minimum absolute atomic E-state index is 0.0953. The average Bonchev–Trinajstić information content (AvgIpc) is 2.94. The van der Waals surface area contributed by atoms with Crippen LogP contribution in [0.1, 0.15) is 43.8 Å². The SMILES string of the molecule is CSCCCNC(=NCc1nnc(C)n1C)NC1CCCC(C(F)(F)F)C1. The molecule has 1 aromatic rings. The van der Waals surface area contributed by atoms with Crippen molar-refractivity contribution in [3.8, 4) is 0 Å². The minimum Gasteiger partial charge on any atom is -0.356 e. The summed E-state index contributed by atoms with van der Waals surface area (Å²) in [5.41, 5.74) is 0. The lowest BCUT2D eigenvalue weighted by atomic mass is 9.85. The Hall–Kier alpha value is -1.45. The van der Waals surface area contributed by atoms with Gasteiger partial charge in [0.05, 0.1) is 5.92 Å². The lowest BCUT2D eigenvalue weighted by Crippen LogP contribution is -2.47. The van der Waals surface area contributed by atoms with E-state index in [0.717, 1.165) is 36.8 Å². The Morgan fingerprint density at radius 2 is 2.11 bits per heavy atom. The van der Waals surface area contributed by atoms with Crippen molar-refractivity contribution in [2.45, 2.75) is 57.8 Å². The van der Waals surface area contributed by atoms with Gasteiger partial charge >= 0.3 is 6.18 Å². The maximum absolute atomic E-state index is 13.1. The van der Waals surface area contributed by atoms with Gasteiger partial charge in [0.15, 0.2) is 11.8 Å². The van der Waals surface area contributed by atoms with Crippen molar-refractivity contribution >= 4 is 17.7 Å². The monoisotopic (exact) mass is 406 g/mol. The Bertz CT molecular complexity index is 616. The quantitative estimate of drug-likeness (QED) is 0.414. The van der Waals surface area contributed by atoms with E-state index in [-0.39, 0.29) is 18.9 Å². The standard InChI is InChI=1S/C17H29F3N6S/c1-12-24-25-15(26(12)2)11-22-16(21-8-5-9-27-3)23-14-7-4-6-13(10-14)17(18,19)20/h13-14H,4-11H2,1-3H3,(H2,21,22,23). The van der Waals surface area contributed by atoms with Gasteiger partial charge in [-0.25, -0.2) is 4.99 Å². The van der Waals surface area contributed by atoms with Crippen LogP contribution in [0.15, 0.2) is 4.99 Å². The molecule has 6 nitrogen and oxygen atoms in total. The first kappa shape index (κ1) is 21.8. The van der Waals surface area contributed by atoms with E-state index < -0.39 is 12.1 Å². The van der Waals surface area contributed by atoms with Gasteiger partial charge in [0, 0.05) is 19.6 Å². The Kier molecular flexibility index (Phi) is 8.25. The summed E-state index contributed by atoms with van der Waals surface area (Å²) in [6.45, 7) is 2.91. The number of aromatic nitrogens is 3. The largest absolute Gasteiger partial charge is 0.391 e. The maximum atomic E-state index is 13.1. The fourth-order valence-corrected chi connectivity index (χ4v) is 3.56. The second kappa shape index (κ2) is 10.2. The molecule has 1 aliphatic rings. The van der Waals surface area contributed by atoms with E-state index in [1.54, 1.807) is 11.8 Å². The van der Waals surface area contributed by atoms with E-state index >= 15 is 0 Å². The summed E-state index contributed by atoms with van der Waals surface area (Å²) < 4.78 is 41.0. The summed E-state index contributed by atoms with van der Waals surface area (Å²) in [5, 5.41) is 14.5. The molecule has 0 bridgehead atoms. The molecule has 2 atom stereocenters. The lowest BCUT2D eigenvalue weighted by molar-refractivity contribution is -0.183. The van der Waals surface area contributed by atoms with E-state index in [1.807, 2.05) is 24.8 Å². The molecule has 0 amide bonds. The van der Waals surface area contributed by atoms with Crippen molar-refractivity contribution in [2.24, 2.45) is 18.0 Å². The first-order valence-electron chi connectivity index (χ1n) is 9.26. The number of guanidine groups is 1. The Morgan fingerprint density at radius 1 is 1.33 bits per heavy atom. The van der Waals surface area contributed by atoms with Gasteiger partial charge in [-0.2, -0.15) is 24.9 Å².